The Bertz CT molecular complexity index is 734. The molecule has 21 heavy (non-hydrogen) atoms. The molecule has 0 fully saturated rings. The van der Waals surface area contributed by atoms with E-state index in [1.165, 1.54) is 15.3 Å². The molecule has 106 valence electrons. The Hall–Kier alpha value is -2.13. The number of rotatable bonds is 4. The Morgan fingerprint density at radius 2 is 1.81 bits per heavy atom. The molecule has 0 amide bonds. The van der Waals surface area contributed by atoms with E-state index in [-0.39, 0.29) is 5.82 Å². The van der Waals surface area contributed by atoms with Gasteiger partial charge in [-0.1, -0.05) is 36.4 Å². The van der Waals surface area contributed by atoms with E-state index in [0.29, 0.717) is 12.2 Å². The quantitative estimate of drug-likeness (QED) is 0.673. The zero-order valence-electron chi connectivity index (χ0n) is 11.8. The van der Waals surface area contributed by atoms with Gasteiger partial charge in [0.2, 0.25) is 0 Å². The summed E-state index contributed by atoms with van der Waals surface area (Å²) in [6.07, 6.45) is 0. The summed E-state index contributed by atoms with van der Waals surface area (Å²) in [5, 5.41) is 3.16. The zero-order chi connectivity index (χ0) is 14.7. The summed E-state index contributed by atoms with van der Waals surface area (Å²) in [4.78, 5) is 2.42. The average molecular weight is 297 g/mol. The second kappa shape index (κ2) is 6.10. The lowest BCUT2D eigenvalue weighted by Gasteiger charge is -2.06. The molecule has 0 saturated carbocycles. The first-order chi connectivity index (χ1) is 10.2. The van der Waals surface area contributed by atoms with Crippen LogP contribution in [0.2, 0.25) is 0 Å². The van der Waals surface area contributed by atoms with Gasteiger partial charge in [-0.3, -0.25) is 0 Å². The minimum Gasteiger partial charge on any atom is -0.378 e. The Morgan fingerprint density at radius 3 is 2.57 bits per heavy atom. The standard InChI is InChI=1S/C18H16FNS/c1-13-7-9-17(16(19)11-13)20-12-15-8-10-18(21-15)14-5-3-2-4-6-14/h2-11,20H,12H2,1H3. The summed E-state index contributed by atoms with van der Waals surface area (Å²) in [6, 6.07) is 19.7. The molecule has 0 bridgehead atoms. The van der Waals surface area contributed by atoms with E-state index >= 15 is 0 Å². The van der Waals surface area contributed by atoms with Gasteiger partial charge in [-0.05, 0) is 42.3 Å². The van der Waals surface area contributed by atoms with Crippen molar-refractivity contribution in [3.8, 4) is 10.4 Å². The molecule has 1 aromatic heterocycles. The highest BCUT2D eigenvalue weighted by Crippen LogP contribution is 2.28. The molecule has 1 N–H and O–H groups in total. The van der Waals surface area contributed by atoms with Gasteiger partial charge in [0.1, 0.15) is 5.82 Å². The van der Waals surface area contributed by atoms with Crippen LogP contribution in [0.15, 0.2) is 60.7 Å². The van der Waals surface area contributed by atoms with Crippen LogP contribution < -0.4 is 5.32 Å². The van der Waals surface area contributed by atoms with E-state index in [9.17, 15) is 4.39 Å². The molecule has 3 heteroatoms. The smallest absolute Gasteiger partial charge is 0.146 e. The molecule has 3 aromatic rings. The van der Waals surface area contributed by atoms with Crippen LogP contribution in [-0.4, -0.2) is 0 Å². The van der Waals surface area contributed by atoms with Crippen LogP contribution >= 0.6 is 11.3 Å². The molecule has 0 radical (unpaired) electrons. The fraction of sp³-hybridized carbons (Fsp3) is 0.111. The minimum absolute atomic E-state index is 0.199. The maximum absolute atomic E-state index is 13.8. The van der Waals surface area contributed by atoms with Crippen molar-refractivity contribution in [1.82, 2.24) is 0 Å². The van der Waals surface area contributed by atoms with E-state index in [1.807, 2.05) is 31.2 Å². The average Bonchev–Trinajstić information content (AvgIpc) is 2.96. The molecule has 3 rings (SSSR count). The Kier molecular flexibility index (Phi) is 4.02. The summed E-state index contributed by atoms with van der Waals surface area (Å²) in [5.41, 5.74) is 2.70. The van der Waals surface area contributed by atoms with Crippen LogP contribution in [-0.2, 0) is 6.54 Å². The predicted molar refractivity (Wildman–Crippen MR) is 88.2 cm³/mol. The largest absolute Gasteiger partial charge is 0.378 e. The van der Waals surface area contributed by atoms with Gasteiger partial charge in [0, 0.05) is 16.3 Å². The van der Waals surface area contributed by atoms with Gasteiger partial charge >= 0.3 is 0 Å². The molecule has 0 atom stereocenters. The number of anilines is 1. The van der Waals surface area contributed by atoms with Gasteiger partial charge in [0.05, 0.1) is 5.69 Å². The van der Waals surface area contributed by atoms with E-state index in [2.05, 4.69) is 29.6 Å². The fourth-order valence-corrected chi connectivity index (χ4v) is 3.13. The Morgan fingerprint density at radius 1 is 1.00 bits per heavy atom. The number of thiophene rings is 1. The van der Waals surface area contributed by atoms with Crippen molar-refractivity contribution in [3.63, 3.8) is 0 Å². The summed E-state index contributed by atoms with van der Waals surface area (Å²) in [7, 11) is 0. The van der Waals surface area contributed by atoms with Crippen LogP contribution in [0.1, 0.15) is 10.4 Å². The van der Waals surface area contributed by atoms with Crippen molar-refractivity contribution < 1.29 is 4.39 Å². The third-order valence-corrected chi connectivity index (χ3v) is 4.43. The van der Waals surface area contributed by atoms with E-state index < -0.39 is 0 Å². The van der Waals surface area contributed by atoms with Crippen molar-refractivity contribution in [2.75, 3.05) is 5.32 Å². The van der Waals surface area contributed by atoms with Crippen LogP contribution in [0.4, 0.5) is 10.1 Å². The third kappa shape index (κ3) is 3.31. The molecule has 0 saturated heterocycles. The molecule has 0 aliphatic carbocycles. The van der Waals surface area contributed by atoms with E-state index in [4.69, 9.17) is 0 Å². The van der Waals surface area contributed by atoms with Gasteiger partial charge in [0.25, 0.3) is 0 Å². The van der Waals surface area contributed by atoms with Gasteiger partial charge in [0.15, 0.2) is 0 Å². The van der Waals surface area contributed by atoms with Crippen LogP contribution in [0, 0.1) is 12.7 Å². The first-order valence-corrected chi connectivity index (χ1v) is 7.68. The molecule has 1 heterocycles. The highest BCUT2D eigenvalue weighted by molar-refractivity contribution is 7.15. The van der Waals surface area contributed by atoms with Crippen LogP contribution in [0.5, 0.6) is 0 Å². The number of hydrogen-bond donors (Lipinski definition) is 1. The first-order valence-electron chi connectivity index (χ1n) is 6.86. The number of halogens is 1. The van der Waals surface area contributed by atoms with E-state index in [1.54, 1.807) is 23.5 Å². The number of hydrogen-bond acceptors (Lipinski definition) is 2. The van der Waals surface area contributed by atoms with Gasteiger partial charge in [-0.2, -0.15) is 0 Å². The van der Waals surface area contributed by atoms with Gasteiger partial charge in [-0.15, -0.1) is 11.3 Å². The third-order valence-electron chi connectivity index (χ3n) is 3.30. The highest BCUT2D eigenvalue weighted by atomic mass is 32.1. The second-order valence-corrected chi connectivity index (χ2v) is 6.14. The molecule has 0 aliphatic heterocycles. The molecular formula is C18H16FNS. The van der Waals surface area contributed by atoms with Crippen molar-refractivity contribution in [1.29, 1.82) is 0 Å². The summed E-state index contributed by atoms with van der Waals surface area (Å²) in [5.74, 6) is -0.199. The molecule has 0 aliphatic rings. The molecule has 0 unspecified atom stereocenters. The van der Waals surface area contributed by atoms with Gasteiger partial charge in [-0.25, -0.2) is 4.39 Å². The van der Waals surface area contributed by atoms with E-state index in [0.717, 1.165) is 5.56 Å². The maximum atomic E-state index is 13.8. The Balaban J connectivity index is 1.70. The normalized spacial score (nSPS) is 10.6. The topological polar surface area (TPSA) is 12.0 Å². The van der Waals surface area contributed by atoms with Crippen molar-refractivity contribution in [3.05, 3.63) is 76.9 Å². The van der Waals surface area contributed by atoms with Crippen molar-refractivity contribution in [2.24, 2.45) is 0 Å². The minimum atomic E-state index is -0.199. The number of benzene rings is 2. The zero-order valence-corrected chi connectivity index (χ0v) is 12.6. The number of aryl methyl sites for hydroxylation is 1. The van der Waals surface area contributed by atoms with Crippen molar-refractivity contribution in [2.45, 2.75) is 13.5 Å². The maximum Gasteiger partial charge on any atom is 0.146 e. The summed E-state index contributed by atoms with van der Waals surface area (Å²) in [6.45, 7) is 2.52. The first kappa shape index (κ1) is 13.8. The molecule has 0 spiro atoms. The number of nitrogens with one attached hydrogen (secondary N) is 1. The van der Waals surface area contributed by atoms with Crippen LogP contribution in [0.25, 0.3) is 10.4 Å². The van der Waals surface area contributed by atoms with Crippen molar-refractivity contribution >= 4 is 17.0 Å². The summed E-state index contributed by atoms with van der Waals surface area (Å²) < 4.78 is 13.8. The lowest BCUT2D eigenvalue weighted by atomic mass is 10.2. The lowest BCUT2D eigenvalue weighted by Crippen LogP contribution is -1.99. The second-order valence-electron chi connectivity index (χ2n) is 4.97. The lowest BCUT2D eigenvalue weighted by molar-refractivity contribution is 0.629. The monoisotopic (exact) mass is 297 g/mol. The summed E-state index contributed by atoms with van der Waals surface area (Å²) >= 11 is 1.73. The predicted octanol–water partition coefficient (Wildman–Crippen LogP) is 5.47. The molecular weight excluding hydrogens is 281 g/mol. The van der Waals surface area contributed by atoms with Crippen LogP contribution in [0.3, 0.4) is 0 Å². The SMILES string of the molecule is Cc1ccc(NCc2ccc(-c3ccccc3)s2)c(F)c1. The molecule has 1 nitrogen and oxygen atoms in total. The highest BCUT2D eigenvalue weighted by Gasteiger charge is 2.05. The molecule has 2 aromatic carbocycles. The fourth-order valence-electron chi connectivity index (χ4n) is 2.18. The van der Waals surface area contributed by atoms with Gasteiger partial charge < -0.3 is 5.32 Å². The Labute approximate surface area is 128 Å².